The van der Waals surface area contributed by atoms with Crippen LogP contribution >= 0.6 is 11.6 Å². The number of hydrogen-bond acceptors (Lipinski definition) is 1. The average molecular weight is 277 g/mol. The van der Waals surface area contributed by atoms with Gasteiger partial charge < -0.3 is 0 Å². The third-order valence-corrected chi connectivity index (χ3v) is 4.19. The van der Waals surface area contributed by atoms with Crippen LogP contribution in [0, 0.1) is 6.92 Å². The maximum atomic E-state index is 12.2. The molecule has 0 heterocycles. The predicted molar refractivity (Wildman–Crippen MR) is 77.9 cm³/mol. The quantitative estimate of drug-likeness (QED) is 0.815. The lowest BCUT2D eigenvalue weighted by Gasteiger charge is -2.01. The van der Waals surface area contributed by atoms with Crippen molar-refractivity contribution in [2.24, 2.45) is 0 Å². The van der Waals surface area contributed by atoms with Crippen molar-refractivity contribution in [1.29, 1.82) is 0 Å². The van der Waals surface area contributed by atoms with Crippen molar-refractivity contribution in [2.45, 2.75) is 11.8 Å². The van der Waals surface area contributed by atoms with Crippen LogP contribution in [0.25, 0.3) is 6.08 Å². The van der Waals surface area contributed by atoms with Crippen molar-refractivity contribution in [2.75, 3.05) is 0 Å². The fourth-order valence-corrected chi connectivity index (χ4v) is 2.75. The summed E-state index contributed by atoms with van der Waals surface area (Å²) in [7, 11) is -1.31. The smallest absolute Gasteiger partial charge is 0.110 e. The summed E-state index contributed by atoms with van der Waals surface area (Å²) in [6.07, 6.45) is 1.73. The van der Waals surface area contributed by atoms with Gasteiger partial charge in [-0.2, -0.15) is 0 Å². The first kappa shape index (κ1) is 13.1. The molecule has 1 atom stereocenters. The van der Waals surface area contributed by atoms with Crippen molar-refractivity contribution in [3.8, 4) is 0 Å². The van der Waals surface area contributed by atoms with Gasteiger partial charge in [-0.15, -0.1) is 0 Å². The zero-order valence-corrected chi connectivity index (χ0v) is 11.5. The summed E-state index contributed by atoms with van der Waals surface area (Å²) in [5, 5.41) is 0. The molecule has 1 nitrogen and oxygen atoms in total. The van der Waals surface area contributed by atoms with E-state index in [0.717, 1.165) is 16.0 Å². The third kappa shape index (κ3) is 3.31. The van der Waals surface area contributed by atoms with E-state index in [1.807, 2.05) is 61.5 Å². The van der Waals surface area contributed by atoms with Crippen LogP contribution in [0.2, 0.25) is 0 Å². The third-order valence-electron chi connectivity index (χ3n) is 2.49. The lowest BCUT2D eigenvalue weighted by molar-refractivity contribution is 0.688. The number of aryl methyl sites for hydroxylation is 1. The van der Waals surface area contributed by atoms with Crippen molar-refractivity contribution in [3.63, 3.8) is 0 Å². The molecule has 0 radical (unpaired) electrons. The van der Waals surface area contributed by atoms with Gasteiger partial charge >= 0.3 is 0 Å². The van der Waals surface area contributed by atoms with Gasteiger partial charge in [-0.25, -0.2) is 4.21 Å². The predicted octanol–water partition coefficient (Wildman–Crippen LogP) is 4.34. The zero-order chi connectivity index (χ0) is 13.0. The van der Waals surface area contributed by atoms with E-state index >= 15 is 0 Å². The fraction of sp³-hybridized carbons (Fsp3) is 0.0667. The molecule has 0 bridgehead atoms. The van der Waals surface area contributed by atoms with Gasteiger partial charge in [-0.1, -0.05) is 59.6 Å². The second-order valence-corrected chi connectivity index (χ2v) is 6.02. The van der Waals surface area contributed by atoms with E-state index in [1.165, 1.54) is 0 Å². The minimum Gasteiger partial charge on any atom is -0.248 e. The van der Waals surface area contributed by atoms with Gasteiger partial charge in [-0.3, -0.25) is 0 Å². The van der Waals surface area contributed by atoms with Gasteiger partial charge in [0.05, 0.1) is 10.8 Å². The van der Waals surface area contributed by atoms with Crippen LogP contribution in [0.3, 0.4) is 0 Å². The molecule has 0 aromatic heterocycles. The van der Waals surface area contributed by atoms with E-state index in [1.54, 1.807) is 6.08 Å². The molecule has 0 aliphatic heterocycles. The molecule has 3 heteroatoms. The highest BCUT2D eigenvalue weighted by atomic mass is 35.5. The van der Waals surface area contributed by atoms with Gasteiger partial charge in [0.2, 0.25) is 0 Å². The molecule has 18 heavy (non-hydrogen) atoms. The molecular weight excluding hydrogens is 264 g/mol. The molecule has 0 aliphatic carbocycles. The molecule has 0 aliphatic rings. The summed E-state index contributed by atoms with van der Waals surface area (Å²) in [5.41, 5.74) is 2.09. The van der Waals surface area contributed by atoms with E-state index in [2.05, 4.69) is 0 Å². The van der Waals surface area contributed by atoms with Crippen LogP contribution in [0.5, 0.6) is 0 Å². The number of hydrogen-bond donors (Lipinski definition) is 0. The largest absolute Gasteiger partial charge is 0.248 e. The van der Waals surface area contributed by atoms with Crippen molar-refractivity contribution >= 4 is 28.5 Å². The topological polar surface area (TPSA) is 17.1 Å². The van der Waals surface area contributed by atoms with Crippen molar-refractivity contribution < 1.29 is 4.21 Å². The molecule has 2 rings (SSSR count). The first-order valence-corrected chi connectivity index (χ1v) is 7.10. The molecule has 0 amide bonds. The molecule has 0 spiro atoms. The molecule has 0 saturated carbocycles. The van der Waals surface area contributed by atoms with Crippen LogP contribution in [-0.2, 0) is 10.8 Å². The number of rotatable bonds is 3. The lowest BCUT2D eigenvalue weighted by Crippen LogP contribution is -1.91. The zero-order valence-electron chi connectivity index (χ0n) is 9.97. The second kappa shape index (κ2) is 5.98. The molecule has 1 unspecified atom stereocenters. The summed E-state index contributed by atoms with van der Waals surface area (Å²) in [5.74, 6) is 0. The Balaban J connectivity index is 2.24. The highest BCUT2D eigenvalue weighted by Crippen LogP contribution is 2.20. The molecule has 92 valence electrons. The van der Waals surface area contributed by atoms with E-state index in [0.29, 0.717) is 4.36 Å². The van der Waals surface area contributed by atoms with E-state index in [-0.39, 0.29) is 0 Å². The first-order valence-electron chi connectivity index (χ1n) is 5.57. The maximum Gasteiger partial charge on any atom is 0.110 e. The van der Waals surface area contributed by atoms with E-state index < -0.39 is 10.8 Å². The Hall–Kier alpha value is -1.38. The van der Waals surface area contributed by atoms with Crippen molar-refractivity contribution in [1.82, 2.24) is 0 Å². The summed E-state index contributed by atoms with van der Waals surface area (Å²) in [4.78, 5) is 0.720. The average Bonchev–Trinajstić information content (AvgIpc) is 2.40. The highest BCUT2D eigenvalue weighted by molar-refractivity contribution is 7.91. The Morgan fingerprint density at radius 1 is 1.06 bits per heavy atom. The molecule has 0 saturated heterocycles. The SMILES string of the molecule is Cc1ccc(S(=O)C(Cl)=Cc2ccccc2)cc1. The maximum absolute atomic E-state index is 12.2. The van der Waals surface area contributed by atoms with Gasteiger partial charge in [0.1, 0.15) is 4.36 Å². The van der Waals surface area contributed by atoms with Crippen LogP contribution in [0.1, 0.15) is 11.1 Å². The normalized spacial score (nSPS) is 13.3. The monoisotopic (exact) mass is 276 g/mol. The van der Waals surface area contributed by atoms with Crippen LogP contribution < -0.4 is 0 Å². The highest BCUT2D eigenvalue weighted by Gasteiger charge is 2.07. The van der Waals surface area contributed by atoms with Crippen LogP contribution in [-0.4, -0.2) is 4.21 Å². The Morgan fingerprint density at radius 3 is 2.28 bits per heavy atom. The van der Waals surface area contributed by atoms with Gasteiger partial charge in [0.25, 0.3) is 0 Å². The fourth-order valence-electron chi connectivity index (χ4n) is 1.51. The molecule has 2 aromatic rings. The standard InChI is InChI=1S/C15H13ClOS/c1-12-7-9-14(10-8-12)18(17)15(16)11-13-5-3-2-4-6-13/h2-11H,1H3. The molecule has 0 N–H and O–H groups in total. The second-order valence-electron chi connectivity index (χ2n) is 3.94. The first-order chi connectivity index (χ1) is 8.66. The van der Waals surface area contributed by atoms with Crippen LogP contribution in [0.15, 0.2) is 63.9 Å². The molecule has 0 fully saturated rings. The van der Waals surface area contributed by atoms with E-state index in [9.17, 15) is 4.21 Å². The summed E-state index contributed by atoms with van der Waals surface area (Å²) in [6, 6.07) is 17.2. The molecule has 2 aromatic carbocycles. The summed E-state index contributed by atoms with van der Waals surface area (Å²) >= 11 is 6.10. The van der Waals surface area contributed by atoms with Crippen LogP contribution in [0.4, 0.5) is 0 Å². The minimum atomic E-state index is -1.31. The number of halogens is 1. The Labute approximate surface area is 115 Å². The lowest BCUT2D eigenvalue weighted by atomic mass is 10.2. The summed E-state index contributed by atoms with van der Waals surface area (Å²) < 4.78 is 12.5. The Morgan fingerprint density at radius 2 is 1.67 bits per heavy atom. The van der Waals surface area contributed by atoms with Crippen molar-refractivity contribution in [3.05, 3.63) is 70.1 Å². The van der Waals surface area contributed by atoms with E-state index in [4.69, 9.17) is 11.6 Å². The summed E-state index contributed by atoms with van der Waals surface area (Å²) in [6.45, 7) is 1.99. The Kier molecular flexibility index (Phi) is 4.34. The minimum absolute atomic E-state index is 0.338. The Bertz CT molecular complexity index is 573. The molecular formula is C15H13ClOS. The van der Waals surface area contributed by atoms with Gasteiger partial charge in [0.15, 0.2) is 0 Å². The number of benzene rings is 2. The van der Waals surface area contributed by atoms with Gasteiger partial charge in [-0.05, 0) is 30.7 Å². The van der Waals surface area contributed by atoms with Gasteiger partial charge in [0, 0.05) is 4.90 Å².